The fraction of sp³-hybridized carbons (Fsp3) is 0.400. The smallest absolute Gasteiger partial charge is 0.423 e. The Balaban J connectivity index is 2.56. The van der Waals surface area contributed by atoms with Gasteiger partial charge < -0.3 is 10.0 Å². The van der Waals surface area contributed by atoms with Crippen LogP contribution in [-0.2, 0) is 15.6 Å². The van der Waals surface area contributed by atoms with Crippen molar-refractivity contribution in [1.29, 1.82) is 0 Å². The predicted octanol–water partition coefficient (Wildman–Crippen LogP) is -0.217. The lowest BCUT2D eigenvalue weighted by Crippen LogP contribution is -2.33. The molecule has 0 unspecified atom stereocenters. The Morgan fingerprint density at radius 2 is 2.06 bits per heavy atom. The summed E-state index contributed by atoms with van der Waals surface area (Å²) in [6.07, 6.45) is 1.17. The van der Waals surface area contributed by atoms with E-state index in [9.17, 15) is 12.8 Å². The lowest BCUT2D eigenvalue weighted by Gasteiger charge is -2.06. The van der Waals surface area contributed by atoms with Crippen LogP contribution in [0.3, 0.4) is 0 Å². The van der Waals surface area contributed by atoms with Gasteiger partial charge in [-0.2, -0.15) is 11.8 Å². The number of rotatable bonds is 6. The van der Waals surface area contributed by atoms with Gasteiger partial charge in [0.2, 0.25) is 0 Å². The van der Waals surface area contributed by atoms with Gasteiger partial charge in [0.1, 0.15) is 15.7 Å². The third-order valence-corrected chi connectivity index (χ3v) is 4.44. The highest BCUT2D eigenvalue weighted by molar-refractivity contribution is 7.99. The summed E-state index contributed by atoms with van der Waals surface area (Å²) >= 11 is 1.39. The molecule has 1 rings (SSSR count). The Kier molecular flexibility index (Phi) is 5.64. The normalized spacial score (nSPS) is 11.6. The van der Waals surface area contributed by atoms with E-state index in [0.717, 1.165) is 5.56 Å². The molecular weight excluding hydrogens is 278 g/mol. The Labute approximate surface area is 110 Å². The largest absolute Gasteiger partial charge is 0.491 e. The van der Waals surface area contributed by atoms with Crippen LogP contribution in [0.15, 0.2) is 18.2 Å². The molecule has 0 heterocycles. The van der Waals surface area contributed by atoms with Crippen molar-refractivity contribution < 1.29 is 22.9 Å². The van der Waals surface area contributed by atoms with Crippen LogP contribution in [0, 0.1) is 5.82 Å². The first-order chi connectivity index (χ1) is 8.29. The molecule has 1 aromatic carbocycles. The van der Waals surface area contributed by atoms with Crippen molar-refractivity contribution in [3.8, 4) is 0 Å². The highest BCUT2D eigenvalue weighted by Crippen LogP contribution is 2.12. The zero-order valence-electron chi connectivity index (χ0n) is 9.84. The maximum Gasteiger partial charge on any atom is 0.491 e. The van der Waals surface area contributed by atoms with Gasteiger partial charge in [-0.15, -0.1) is 0 Å². The first kappa shape index (κ1) is 15.5. The molecule has 0 atom stereocenters. The Bertz CT molecular complexity index is 505. The number of hydrogen-bond acceptors (Lipinski definition) is 5. The summed E-state index contributed by atoms with van der Waals surface area (Å²) in [5.41, 5.74) is 0.550. The van der Waals surface area contributed by atoms with E-state index in [2.05, 4.69) is 0 Å². The highest BCUT2D eigenvalue weighted by atomic mass is 32.2. The van der Waals surface area contributed by atoms with Crippen molar-refractivity contribution in [2.75, 3.05) is 17.8 Å². The van der Waals surface area contributed by atoms with Crippen LogP contribution in [-0.4, -0.2) is 43.3 Å². The Hall–Kier alpha value is -0.565. The molecule has 0 aliphatic carbocycles. The van der Waals surface area contributed by atoms with Gasteiger partial charge in [-0.25, -0.2) is 12.8 Å². The summed E-state index contributed by atoms with van der Waals surface area (Å²) in [4.78, 5) is 0. The summed E-state index contributed by atoms with van der Waals surface area (Å²) in [5.74, 6) is 0.367. The second kappa shape index (κ2) is 6.56. The quantitative estimate of drug-likeness (QED) is 0.560. The number of thioether (sulfide) groups is 1. The third kappa shape index (κ3) is 5.39. The fourth-order valence-electron chi connectivity index (χ4n) is 1.28. The zero-order valence-corrected chi connectivity index (χ0v) is 11.5. The molecular formula is C10H14BFO4S2. The summed E-state index contributed by atoms with van der Waals surface area (Å²) in [6.45, 7) is 0. The maximum absolute atomic E-state index is 13.2. The molecule has 0 fully saturated rings. The van der Waals surface area contributed by atoms with Crippen molar-refractivity contribution >= 4 is 34.2 Å². The molecule has 100 valence electrons. The van der Waals surface area contributed by atoms with Crippen LogP contribution in [0.4, 0.5) is 4.39 Å². The second-order valence-electron chi connectivity index (χ2n) is 3.91. The van der Waals surface area contributed by atoms with Crippen LogP contribution in [0.25, 0.3) is 0 Å². The van der Waals surface area contributed by atoms with E-state index in [1.807, 2.05) is 0 Å². The monoisotopic (exact) mass is 292 g/mol. The molecule has 0 aliphatic rings. The van der Waals surface area contributed by atoms with Gasteiger partial charge in [0.05, 0.1) is 5.75 Å². The van der Waals surface area contributed by atoms with Crippen molar-refractivity contribution in [2.45, 2.75) is 5.75 Å². The van der Waals surface area contributed by atoms with E-state index in [1.54, 1.807) is 0 Å². The molecule has 0 radical (unpaired) electrons. The number of sulfone groups is 1. The van der Waals surface area contributed by atoms with Crippen LogP contribution >= 0.6 is 11.8 Å². The molecule has 0 saturated heterocycles. The summed E-state index contributed by atoms with van der Waals surface area (Å²) in [5, 5.41) is 17.9. The van der Waals surface area contributed by atoms with Gasteiger partial charge in [-0.3, -0.25) is 0 Å². The zero-order chi connectivity index (χ0) is 13.8. The van der Waals surface area contributed by atoms with Gasteiger partial charge >= 0.3 is 7.12 Å². The van der Waals surface area contributed by atoms with Gasteiger partial charge in [-0.1, -0.05) is 12.1 Å². The molecule has 1 aromatic rings. The van der Waals surface area contributed by atoms with E-state index >= 15 is 0 Å². The van der Waals surface area contributed by atoms with Gasteiger partial charge in [-0.05, 0) is 11.6 Å². The third-order valence-electron chi connectivity index (χ3n) is 2.21. The minimum absolute atomic E-state index is 0.0916. The van der Waals surface area contributed by atoms with Gasteiger partial charge in [0, 0.05) is 23.2 Å². The summed E-state index contributed by atoms with van der Waals surface area (Å²) < 4.78 is 35.0. The minimum Gasteiger partial charge on any atom is -0.423 e. The molecule has 0 aromatic heterocycles. The molecule has 4 nitrogen and oxygen atoms in total. The van der Waals surface area contributed by atoms with Crippen molar-refractivity contribution in [1.82, 2.24) is 0 Å². The SMILES string of the molecule is CS(=O)(=O)CCSCc1ccc(F)c(B(O)O)c1. The Morgan fingerprint density at radius 1 is 1.39 bits per heavy atom. The van der Waals surface area contributed by atoms with Crippen LogP contribution in [0.5, 0.6) is 0 Å². The van der Waals surface area contributed by atoms with Gasteiger partial charge in [0.15, 0.2) is 0 Å². The topological polar surface area (TPSA) is 74.6 Å². The standard InChI is InChI=1S/C10H14BFO4S2/c1-18(15,16)5-4-17-7-8-2-3-10(12)9(6-8)11(13)14/h2-3,6,13-14H,4-5,7H2,1H3. The van der Waals surface area contributed by atoms with E-state index in [0.29, 0.717) is 11.5 Å². The van der Waals surface area contributed by atoms with Crippen LogP contribution < -0.4 is 5.46 Å². The van der Waals surface area contributed by atoms with E-state index < -0.39 is 22.8 Å². The number of halogens is 1. The molecule has 0 saturated carbocycles. The average molecular weight is 292 g/mol. The number of benzene rings is 1. The van der Waals surface area contributed by atoms with E-state index in [4.69, 9.17) is 10.0 Å². The molecule has 18 heavy (non-hydrogen) atoms. The number of hydrogen-bond donors (Lipinski definition) is 2. The second-order valence-corrected chi connectivity index (χ2v) is 7.28. The van der Waals surface area contributed by atoms with Crippen molar-refractivity contribution in [2.24, 2.45) is 0 Å². The average Bonchev–Trinajstić information content (AvgIpc) is 2.24. The first-order valence-corrected chi connectivity index (χ1v) is 8.41. The Morgan fingerprint density at radius 3 is 2.61 bits per heavy atom. The molecule has 0 spiro atoms. The van der Waals surface area contributed by atoms with Crippen molar-refractivity contribution in [3.63, 3.8) is 0 Å². The molecule has 0 bridgehead atoms. The van der Waals surface area contributed by atoms with E-state index in [-0.39, 0.29) is 11.2 Å². The molecule has 8 heteroatoms. The predicted molar refractivity (Wildman–Crippen MR) is 72.1 cm³/mol. The van der Waals surface area contributed by atoms with Crippen LogP contribution in [0.1, 0.15) is 5.56 Å². The summed E-state index contributed by atoms with van der Waals surface area (Å²) in [7, 11) is -4.81. The molecule has 2 N–H and O–H groups in total. The van der Waals surface area contributed by atoms with E-state index in [1.165, 1.54) is 36.2 Å². The first-order valence-electron chi connectivity index (χ1n) is 5.19. The maximum atomic E-state index is 13.2. The lowest BCUT2D eigenvalue weighted by molar-refractivity contribution is 0.423. The lowest BCUT2D eigenvalue weighted by atomic mass is 9.79. The van der Waals surface area contributed by atoms with Gasteiger partial charge in [0.25, 0.3) is 0 Å². The van der Waals surface area contributed by atoms with Crippen molar-refractivity contribution in [3.05, 3.63) is 29.6 Å². The molecule has 0 amide bonds. The molecule has 0 aliphatic heterocycles. The van der Waals surface area contributed by atoms with Crippen LogP contribution in [0.2, 0.25) is 0 Å². The summed E-state index contributed by atoms with van der Waals surface area (Å²) in [6, 6.07) is 4.07. The fourth-order valence-corrected chi connectivity index (χ4v) is 3.52. The highest BCUT2D eigenvalue weighted by Gasteiger charge is 2.16. The minimum atomic E-state index is -2.97.